The molecule has 1 fully saturated rings. The molecule has 0 N–H and O–H groups in total. The van der Waals surface area contributed by atoms with E-state index in [1.54, 1.807) is 0 Å². The minimum atomic E-state index is 0.0235. The van der Waals surface area contributed by atoms with E-state index in [1.165, 1.54) is 11.1 Å². The van der Waals surface area contributed by atoms with Crippen LogP contribution >= 0.6 is 0 Å². The molecule has 2 rings (SSSR count). The number of nitriles is 1. The van der Waals surface area contributed by atoms with Crippen LogP contribution in [0.3, 0.4) is 0 Å². The van der Waals surface area contributed by atoms with Crippen LogP contribution in [0, 0.1) is 23.7 Å². The lowest BCUT2D eigenvalue weighted by atomic mass is 9.97. The quantitative estimate of drug-likeness (QED) is 0.727. The van der Waals surface area contributed by atoms with Crippen LogP contribution in [-0.4, -0.2) is 4.98 Å². The van der Waals surface area contributed by atoms with E-state index in [0.717, 1.165) is 25.7 Å². The van der Waals surface area contributed by atoms with Gasteiger partial charge in [0.2, 0.25) is 0 Å². The zero-order valence-corrected chi connectivity index (χ0v) is 8.45. The third kappa shape index (κ3) is 1.77. The molecule has 0 aromatic carbocycles. The number of hydrogen-bond acceptors (Lipinski definition) is 2. The molecule has 0 saturated heterocycles. The highest BCUT2D eigenvalue weighted by Gasteiger charge is 2.42. The van der Waals surface area contributed by atoms with Crippen LogP contribution < -0.4 is 0 Å². The van der Waals surface area contributed by atoms with Gasteiger partial charge in [0, 0.05) is 12.4 Å². The van der Waals surface area contributed by atoms with Gasteiger partial charge >= 0.3 is 0 Å². The molecule has 72 valence electrons. The van der Waals surface area contributed by atoms with Crippen molar-refractivity contribution in [3.05, 3.63) is 29.6 Å². The Morgan fingerprint density at radius 2 is 2.36 bits per heavy atom. The molecule has 1 aromatic rings. The molecule has 2 nitrogen and oxygen atoms in total. The van der Waals surface area contributed by atoms with Crippen LogP contribution in [-0.2, 0) is 6.42 Å². The van der Waals surface area contributed by atoms with Crippen molar-refractivity contribution < 1.29 is 0 Å². The van der Waals surface area contributed by atoms with Gasteiger partial charge in [0.25, 0.3) is 0 Å². The molecule has 0 amide bonds. The Balaban J connectivity index is 1.99. The molecule has 2 heteroatoms. The SMILES string of the molecule is Cc1cnccc1CCC1(C#N)CC1. The van der Waals surface area contributed by atoms with Gasteiger partial charge in [-0.3, -0.25) is 4.98 Å². The van der Waals surface area contributed by atoms with Crippen molar-refractivity contribution in [1.29, 1.82) is 5.26 Å². The molecule has 1 saturated carbocycles. The van der Waals surface area contributed by atoms with Crippen molar-refractivity contribution in [1.82, 2.24) is 4.98 Å². The molecule has 14 heavy (non-hydrogen) atoms. The van der Waals surface area contributed by atoms with E-state index in [1.807, 2.05) is 12.4 Å². The van der Waals surface area contributed by atoms with Gasteiger partial charge in [-0.1, -0.05) is 0 Å². The molecular formula is C12H14N2. The highest BCUT2D eigenvalue weighted by Crippen LogP contribution is 2.48. The maximum Gasteiger partial charge on any atom is 0.0689 e. The van der Waals surface area contributed by atoms with Gasteiger partial charge in [-0.2, -0.15) is 5.26 Å². The summed E-state index contributed by atoms with van der Waals surface area (Å²) in [6, 6.07) is 4.48. The molecule has 1 aliphatic carbocycles. The summed E-state index contributed by atoms with van der Waals surface area (Å²) in [4.78, 5) is 4.06. The van der Waals surface area contributed by atoms with Crippen LogP contribution in [0.15, 0.2) is 18.5 Å². The summed E-state index contributed by atoms with van der Waals surface area (Å²) < 4.78 is 0. The first-order valence-corrected chi connectivity index (χ1v) is 5.06. The maximum atomic E-state index is 8.94. The van der Waals surface area contributed by atoms with E-state index in [2.05, 4.69) is 24.0 Å². The molecule has 1 aliphatic rings. The van der Waals surface area contributed by atoms with Gasteiger partial charge in [-0.05, 0) is 49.8 Å². The molecule has 0 bridgehead atoms. The Morgan fingerprint density at radius 3 is 2.93 bits per heavy atom. The minimum absolute atomic E-state index is 0.0235. The van der Waals surface area contributed by atoms with Crippen molar-refractivity contribution in [2.24, 2.45) is 5.41 Å². The van der Waals surface area contributed by atoms with Crippen molar-refractivity contribution in [3.8, 4) is 6.07 Å². The highest BCUT2D eigenvalue weighted by atomic mass is 14.6. The monoisotopic (exact) mass is 186 g/mol. The lowest BCUT2D eigenvalue weighted by Crippen LogP contribution is -2.00. The number of nitrogens with zero attached hydrogens (tertiary/aromatic N) is 2. The summed E-state index contributed by atoms with van der Waals surface area (Å²) in [6.07, 6.45) is 7.92. The first-order chi connectivity index (χ1) is 6.76. The van der Waals surface area contributed by atoms with E-state index in [0.29, 0.717) is 0 Å². The van der Waals surface area contributed by atoms with E-state index in [9.17, 15) is 0 Å². The summed E-state index contributed by atoms with van der Waals surface area (Å²) in [6.45, 7) is 2.08. The fourth-order valence-corrected chi connectivity index (χ4v) is 1.73. The van der Waals surface area contributed by atoms with Crippen LogP contribution in [0.1, 0.15) is 30.4 Å². The van der Waals surface area contributed by atoms with E-state index in [4.69, 9.17) is 5.26 Å². The van der Waals surface area contributed by atoms with Gasteiger partial charge in [-0.25, -0.2) is 0 Å². The minimum Gasteiger partial charge on any atom is -0.264 e. The van der Waals surface area contributed by atoms with Crippen molar-refractivity contribution in [2.75, 3.05) is 0 Å². The van der Waals surface area contributed by atoms with Gasteiger partial charge in [-0.15, -0.1) is 0 Å². The fraction of sp³-hybridized carbons (Fsp3) is 0.500. The molecule has 1 aromatic heterocycles. The molecule has 0 radical (unpaired) electrons. The second-order valence-electron chi connectivity index (χ2n) is 4.19. The summed E-state index contributed by atoms with van der Waals surface area (Å²) in [5.74, 6) is 0. The first-order valence-electron chi connectivity index (χ1n) is 5.06. The summed E-state index contributed by atoms with van der Waals surface area (Å²) in [7, 11) is 0. The Kier molecular flexibility index (Phi) is 2.25. The maximum absolute atomic E-state index is 8.94. The molecular weight excluding hydrogens is 172 g/mol. The van der Waals surface area contributed by atoms with Crippen molar-refractivity contribution in [3.63, 3.8) is 0 Å². The largest absolute Gasteiger partial charge is 0.264 e. The summed E-state index contributed by atoms with van der Waals surface area (Å²) in [5, 5.41) is 8.94. The smallest absolute Gasteiger partial charge is 0.0689 e. The van der Waals surface area contributed by atoms with E-state index >= 15 is 0 Å². The van der Waals surface area contributed by atoms with Gasteiger partial charge in [0.05, 0.1) is 11.5 Å². The van der Waals surface area contributed by atoms with Crippen LogP contribution in [0.5, 0.6) is 0 Å². The average Bonchev–Trinajstić information content (AvgIpc) is 2.98. The van der Waals surface area contributed by atoms with Gasteiger partial charge in [0.1, 0.15) is 0 Å². The topological polar surface area (TPSA) is 36.7 Å². The number of pyridine rings is 1. The fourth-order valence-electron chi connectivity index (χ4n) is 1.73. The summed E-state index contributed by atoms with van der Waals surface area (Å²) >= 11 is 0. The van der Waals surface area contributed by atoms with Crippen LogP contribution in [0.25, 0.3) is 0 Å². The first kappa shape index (κ1) is 9.21. The Morgan fingerprint density at radius 1 is 1.57 bits per heavy atom. The zero-order valence-electron chi connectivity index (χ0n) is 8.45. The van der Waals surface area contributed by atoms with Crippen LogP contribution in [0.4, 0.5) is 0 Å². The van der Waals surface area contributed by atoms with Crippen LogP contribution in [0.2, 0.25) is 0 Å². The number of hydrogen-bond donors (Lipinski definition) is 0. The van der Waals surface area contributed by atoms with E-state index < -0.39 is 0 Å². The van der Waals surface area contributed by atoms with Gasteiger partial charge < -0.3 is 0 Å². The van der Waals surface area contributed by atoms with E-state index in [-0.39, 0.29) is 5.41 Å². The normalized spacial score (nSPS) is 17.4. The Hall–Kier alpha value is -1.36. The standard InChI is InChI=1S/C12H14N2/c1-10-8-14-7-3-11(10)2-4-12(9-13)5-6-12/h3,7-8H,2,4-6H2,1H3. The molecule has 0 spiro atoms. The zero-order chi connectivity index (χ0) is 10.0. The summed E-state index contributed by atoms with van der Waals surface area (Å²) in [5.41, 5.74) is 2.60. The third-order valence-corrected chi connectivity index (χ3v) is 3.10. The number of aromatic nitrogens is 1. The number of aryl methyl sites for hydroxylation is 2. The Bertz CT molecular complexity index is 372. The molecule has 1 heterocycles. The molecule has 0 aliphatic heterocycles. The lowest BCUT2D eigenvalue weighted by molar-refractivity contribution is 0.596. The second kappa shape index (κ2) is 3.42. The second-order valence-corrected chi connectivity index (χ2v) is 4.19. The van der Waals surface area contributed by atoms with Crippen molar-refractivity contribution in [2.45, 2.75) is 32.6 Å². The third-order valence-electron chi connectivity index (χ3n) is 3.10. The number of rotatable bonds is 3. The Labute approximate surface area is 84.6 Å². The lowest BCUT2D eigenvalue weighted by Gasteiger charge is -2.07. The molecule has 0 unspecified atom stereocenters. The van der Waals surface area contributed by atoms with Gasteiger partial charge in [0.15, 0.2) is 0 Å². The predicted octanol–water partition coefficient (Wildman–Crippen LogP) is 2.63. The predicted molar refractivity (Wildman–Crippen MR) is 54.6 cm³/mol. The van der Waals surface area contributed by atoms with Crippen molar-refractivity contribution >= 4 is 0 Å². The molecule has 0 atom stereocenters. The highest BCUT2D eigenvalue weighted by molar-refractivity contribution is 5.23. The average molecular weight is 186 g/mol.